The molecule has 1 aliphatic heterocycles. The highest BCUT2D eigenvalue weighted by Crippen LogP contribution is 2.38. The largest absolute Gasteiger partial charge is 0.487 e. The van der Waals surface area contributed by atoms with Crippen LogP contribution in [-0.4, -0.2) is 29.1 Å². The molecule has 0 aromatic heterocycles. The molecule has 1 aliphatic rings. The minimum Gasteiger partial charge on any atom is -0.487 e. The summed E-state index contributed by atoms with van der Waals surface area (Å²) in [6.45, 7) is 5.59. The molecular weight excluding hydrogens is 540 g/mol. The molecule has 0 unspecified atom stereocenters. The highest BCUT2D eigenvalue weighted by Gasteiger charge is 2.31. The quantitative estimate of drug-likeness (QED) is 0.368. The summed E-state index contributed by atoms with van der Waals surface area (Å²) in [7, 11) is 0. The van der Waals surface area contributed by atoms with Gasteiger partial charge < -0.3 is 4.74 Å². The van der Waals surface area contributed by atoms with Gasteiger partial charge in [0.1, 0.15) is 12.4 Å². The van der Waals surface area contributed by atoms with Crippen LogP contribution in [0.25, 0.3) is 6.08 Å². The summed E-state index contributed by atoms with van der Waals surface area (Å²) in [5, 5.41) is 1.45. The van der Waals surface area contributed by atoms with Crippen molar-refractivity contribution in [3.63, 3.8) is 0 Å². The Morgan fingerprint density at radius 3 is 2.41 bits per heavy atom. The van der Waals surface area contributed by atoms with Crippen LogP contribution in [0.3, 0.4) is 0 Å². The van der Waals surface area contributed by atoms with E-state index in [2.05, 4.69) is 36.9 Å². The fourth-order valence-electron chi connectivity index (χ4n) is 2.73. The van der Waals surface area contributed by atoms with Crippen LogP contribution in [0.15, 0.2) is 55.2 Å². The first-order valence-electron chi connectivity index (χ1n) is 9.05. The highest BCUT2D eigenvalue weighted by molar-refractivity contribution is 9.11. The van der Waals surface area contributed by atoms with E-state index in [9.17, 15) is 4.79 Å². The Morgan fingerprint density at radius 2 is 1.83 bits per heavy atom. The SMILES string of the molecule is CCN=C1S/C(=C\c2cc(Br)c(OCc3ccc(Cl)cc3)c(Br)c2)C(=O)N1CC. The van der Waals surface area contributed by atoms with Crippen LogP contribution in [-0.2, 0) is 11.4 Å². The number of rotatable bonds is 6. The first kappa shape index (κ1) is 22.4. The number of amidine groups is 1. The van der Waals surface area contributed by atoms with E-state index in [4.69, 9.17) is 16.3 Å². The summed E-state index contributed by atoms with van der Waals surface area (Å²) in [5.41, 5.74) is 1.92. The number of halogens is 3. The molecule has 0 saturated carbocycles. The lowest BCUT2D eigenvalue weighted by Gasteiger charge is -2.12. The third-order valence-corrected chi connectivity index (χ3v) is 6.59. The van der Waals surface area contributed by atoms with Crippen molar-refractivity contribution >= 4 is 72.4 Å². The average Bonchev–Trinajstić information content (AvgIpc) is 2.97. The van der Waals surface area contributed by atoms with E-state index >= 15 is 0 Å². The second-order valence-corrected chi connectivity index (χ2v) is 9.30. The normalized spacial score (nSPS) is 16.9. The van der Waals surface area contributed by atoms with E-state index in [1.54, 1.807) is 4.90 Å². The standard InChI is InChI=1S/C21H19Br2ClN2O2S/c1-3-25-21-26(4-2)20(27)18(29-21)11-14-9-16(22)19(17(23)10-14)28-12-13-5-7-15(24)8-6-13/h5-11H,3-4,12H2,1-2H3/b18-11-,25-21?. The maximum Gasteiger partial charge on any atom is 0.266 e. The molecule has 0 radical (unpaired) electrons. The van der Waals surface area contributed by atoms with Gasteiger partial charge in [-0.25, -0.2) is 0 Å². The van der Waals surface area contributed by atoms with Gasteiger partial charge in [-0.3, -0.25) is 14.7 Å². The van der Waals surface area contributed by atoms with Gasteiger partial charge in [0.2, 0.25) is 0 Å². The van der Waals surface area contributed by atoms with Crippen molar-refractivity contribution in [3.05, 3.63) is 66.4 Å². The maximum atomic E-state index is 12.6. The van der Waals surface area contributed by atoms with Gasteiger partial charge in [0.25, 0.3) is 5.91 Å². The lowest BCUT2D eigenvalue weighted by molar-refractivity contribution is -0.122. The third-order valence-electron chi connectivity index (χ3n) is 4.11. The molecule has 1 fully saturated rings. The van der Waals surface area contributed by atoms with E-state index in [0.29, 0.717) is 35.4 Å². The number of nitrogens with zero attached hydrogens (tertiary/aromatic N) is 2. The molecule has 29 heavy (non-hydrogen) atoms. The number of ether oxygens (including phenoxy) is 1. The Morgan fingerprint density at radius 1 is 1.17 bits per heavy atom. The number of aliphatic imine (C=N–C) groups is 1. The molecule has 8 heteroatoms. The maximum absolute atomic E-state index is 12.6. The van der Waals surface area contributed by atoms with Crippen molar-refractivity contribution in [2.75, 3.05) is 13.1 Å². The molecular formula is C21H19Br2ClN2O2S. The first-order valence-corrected chi connectivity index (χ1v) is 11.8. The summed E-state index contributed by atoms with van der Waals surface area (Å²) < 4.78 is 7.57. The molecule has 1 heterocycles. The van der Waals surface area contributed by atoms with Crippen molar-refractivity contribution in [1.29, 1.82) is 0 Å². The number of likely N-dealkylation sites (N-methyl/N-ethyl adjacent to an activating group) is 1. The van der Waals surface area contributed by atoms with Crippen molar-refractivity contribution in [1.82, 2.24) is 4.90 Å². The van der Waals surface area contributed by atoms with Crippen molar-refractivity contribution in [2.24, 2.45) is 4.99 Å². The summed E-state index contributed by atoms with van der Waals surface area (Å²) in [6.07, 6.45) is 1.88. The van der Waals surface area contributed by atoms with Crippen molar-refractivity contribution in [3.8, 4) is 5.75 Å². The van der Waals surface area contributed by atoms with Crippen LogP contribution >= 0.6 is 55.2 Å². The van der Waals surface area contributed by atoms with Gasteiger partial charge in [-0.1, -0.05) is 23.7 Å². The average molecular weight is 559 g/mol. The van der Waals surface area contributed by atoms with Gasteiger partial charge in [0.05, 0.1) is 13.9 Å². The van der Waals surface area contributed by atoms with E-state index in [1.807, 2.05) is 56.3 Å². The van der Waals surface area contributed by atoms with Gasteiger partial charge in [0.15, 0.2) is 5.17 Å². The molecule has 0 aliphatic carbocycles. The predicted molar refractivity (Wildman–Crippen MR) is 129 cm³/mol. The number of thioether (sulfide) groups is 1. The minimum absolute atomic E-state index is 0.0139. The molecule has 0 spiro atoms. The topological polar surface area (TPSA) is 41.9 Å². The first-order chi connectivity index (χ1) is 13.9. The summed E-state index contributed by atoms with van der Waals surface area (Å²) in [6, 6.07) is 11.4. The van der Waals surface area contributed by atoms with Crippen LogP contribution in [0.2, 0.25) is 5.02 Å². The summed E-state index contributed by atoms with van der Waals surface area (Å²) >= 11 is 14.5. The number of hydrogen-bond acceptors (Lipinski definition) is 4. The summed E-state index contributed by atoms with van der Waals surface area (Å²) in [4.78, 5) is 19.4. The third kappa shape index (κ3) is 5.45. The molecule has 1 amide bonds. The number of carbonyl (C=O) groups is 1. The van der Waals surface area contributed by atoms with Crippen LogP contribution in [0.1, 0.15) is 25.0 Å². The molecule has 152 valence electrons. The van der Waals surface area contributed by atoms with E-state index < -0.39 is 0 Å². The van der Waals surface area contributed by atoms with Crippen LogP contribution in [0.4, 0.5) is 0 Å². The van der Waals surface area contributed by atoms with Crippen LogP contribution in [0.5, 0.6) is 5.75 Å². The number of hydrogen-bond donors (Lipinski definition) is 0. The highest BCUT2D eigenvalue weighted by atomic mass is 79.9. The van der Waals surface area contributed by atoms with Gasteiger partial charge in [-0.2, -0.15) is 0 Å². The molecule has 2 aromatic rings. The van der Waals surface area contributed by atoms with Crippen LogP contribution in [0, 0.1) is 0 Å². The Kier molecular flexibility index (Phi) is 7.85. The van der Waals surface area contributed by atoms with Gasteiger partial charge in [0, 0.05) is 18.1 Å². The fourth-order valence-corrected chi connectivity index (χ4v) is 5.41. The lowest BCUT2D eigenvalue weighted by Crippen LogP contribution is -2.28. The number of benzene rings is 2. The van der Waals surface area contributed by atoms with E-state index in [-0.39, 0.29) is 5.91 Å². The smallest absolute Gasteiger partial charge is 0.266 e. The Labute approximate surface area is 196 Å². The zero-order chi connectivity index (χ0) is 21.0. The van der Waals surface area contributed by atoms with E-state index in [1.165, 1.54) is 11.8 Å². The lowest BCUT2D eigenvalue weighted by atomic mass is 10.2. The predicted octanol–water partition coefficient (Wildman–Crippen LogP) is 6.76. The second-order valence-electron chi connectivity index (χ2n) is 6.15. The fraction of sp³-hybridized carbons (Fsp3) is 0.238. The van der Waals surface area contributed by atoms with Gasteiger partial charge in [-0.05, 0) is 98.9 Å². The van der Waals surface area contributed by atoms with Gasteiger partial charge >= 0.3 is 0 Å². The Balaban J connectivity index is 1.80. The van der Waals surface area contributed by atoms with Gasteiger partial charge in [-0.15, -0.1) is 0 Å². The molecule has 3 rings (SSSR count). The van der Waals surface area contributed by atoms with Crippen molar-refractivity contribution in [2.45, 2.75) is 20.5 Å². The van der Waals surface area contributed by atoms with E-state index in [0.717, 1.165) is 25.2 Å². The molecule has 2 aromatic carbocycles. The monoisotopic (exact) mass is 556 g/mol. The molecule has 0 bridgehead atoms. The van der Waals surface area contributed by atoms with Crippen LogP contribution < -0.4 is 4.74 Å². The second kappa shape index (κ2) is 10.2. The molecule has 1 saturated heterocycles. The molecule has 4 nitrogen and oxygen atoms in total. The minimum atomic E-state index is -0.0139. The Bertz CT molecular complexity index is 954. The summed E-state index contributed by atoms with van der Waals surface area (Å²) in [5.74, 6) is 0.691. The molecule has 0 N–H and O–H groups in total. The Hall–Kier alpha value is -1.28. The zero-order valence-corrected chi connectivity index (χ0v) is 20.7. The number of amides is 1. The zero-order valence-electron chi connectivity index (χ0n) is 15.9. The van der Waals surface area contributed by atoms with Crippen molar-refractivity contribution < 1.29 is 9.53 Å². The molecule has 0 atom stereocenters. The number of carbonyl (C=O) groups excluding carboxylic acids is 1.